The molecule has 0 unspecified atom stereocenters. The quantitative estimate of drug-likeness (QED) is 0.294. The van der Waals surface area contributed by atoms with E-state index in [0.717, 1.165) is 16.7 Å². The highest BCUT2D eigenvalue weighted by atomic mass is 35.5. The van der Waals surface area contributed by atoms with Crippen LogP contribution in [0.1, 0.15) is 23.7 Å². The molecule has 178 valence electrons. The summed E-state index contributed by atoms with van der Waals surface area (Å²) in [6.07, 6.45) is 0.693. The number of ether oxygens (including phenoxy) is 1. The Balaban J connectivity index is 1.67. The maximum Gasteiger partial charge on any atom is 0.338 e. The number of halogens is 2. The largest absolute Gasteiger partial charge is 0.462 e. The summed E-state index contributed by atoms with van der Waals surface area (Å²) in [4.78, 5) is 40.7. The van der Waals surface area contributed by atoms with Gasteiger partial charge in [0.05, 0.1) is 23.5 Å². The molecule has 0 spiro atoms. The predicted octanol–water partition coefficient (Wildman–Crippen LogP) is 6.04. The van der Waals surface area contributed by atoms with E-state index in [1.807, 2.05) is 6.92 Å². The average Bonchev–Trinajstić information content (AvgIpc) is 3.09. The van der Waals surface area contributed by atoms with Gasteiger partial charge >= 0.3 is 5.97 Å². The van der Waals surface area contributed by atoms with Crippen molar-refractivity contribution in [3.63, 3.8) is 0 Å². The van der Waals surface area contributed by atoms with Crippen molar-refractivity contribution in [3.05, 3.63) is 99.8 Å². The van der Waals surface area contributed by atoms with E-state index in [1.54, 1.807) is 30.3 Å². The number of imide groups is 1. The Morgan fingerprint density at radius 2 is 1.69 bits per heavy atom. The maximum atomic E-state index is 14.3. The van der Waals surface area contributed by atoms with Crippen LogP contribution in [-0.2, 0) is 14.3 Å². The Bertz CT molecular complexity index is 1310. The lowest BCUT2D eigenvalue weighted by atomic mass is 10.2. The van der Waals surface area contributed by atoms with Crippen LogP contribution in [0.25, 0.3) is 0 Å². The van der Waals surface area contributed by atoms with Crippen molar-refractivity contribution in [2.75, 3.05) is 16.8 Å². The molecule has 0 fully saturated rings. The Hall–Kier alpha value is -3.62. The molecule has 3 aromatic rings. The second-order valence-electron chi connectivity index (χ2n) is 7.49. The van der Waals surface area contributed by atoms with E-state index in [9.17, 15) is 18.8 Å². The average molecular weight is 511 g/mol. The molecule has 35 heavy (non-hydrogen) atoms. The van der Waals surface area contributed by atoms with Gasteiger partial charge in [0.1, 0.15) is 16.4 Å². The Morgan fingerprint density at radius 1 is 1.00 bits per heavy atom. The van der Waals surface area contributed by atoms with Crippen molar-refractivity contribution in [2.45, 2.75) is 18.2 Å². The molecular formula is C26H20ClFN2O4S. The summed E-state index contributed by atoms with van der Waals surface area (Å²) >= 11 is 7.03. The molecule has 0 bridgehead atoms. The zero-order valence-electron chi connectivity index (χ0n) is 18.6. The zero-order chi connectivity index (χ0) is 24.9. The number of rotatable bonds is 8. The Kier molecular flexibility index (Phi) is 7.53. The Morgan fingerprint density at radius 3 is 2.34 bits per heavy atom. The fraction of sp³-hybridized carbons (Fsp3) is 0.115. The summed E-state index contributed by atoms with van der Waals surface area (Å²) in [5.41, 5.74) is 0.585. The second kappa shape index (κ2) is 10.8. The van der Waals surface area contributed by atoms with Crippen molar-refractivity contribution in [3.8, 4) is 0 Å². The lowest BCUT2D eigenvalue weighted by Crippen LogP contribution is -2.32. The van der Waals surface area contributed by atoms with E-state index in [2.05, 4.69) is 5.32 Å². The maximum absolute atomic E-state index is 14.3. The van der Waals surface area contributed by atoms with E-state index < -0.39 is 23.6 Å². The van der Waals surface area contributed by atoms with Crippen LogP contribution in [0.4, 0.5) is 15.8 Å². The summed E-state index contributed by atoms with van der Waals surface area (Å²) < 4.78 is 19.5. The van der Waals surface area contributed by atoms with E-state index >= 15 is 0 Å². The highest BCUT2D eigenvalue weighted by Gasteiger charge is 2.40. The van der Waals surface area contributed by atoms with Crippen LogP contribution in [0.15, 0.2) is 88.3 Å². The third-order valence-corrected chi connectivity index (χ3v) is 6.35. The van der Waals surface area contributed by atoms with E-state index in [-0.39, 0.29) is 22.0 Å². The van der Waals surface area contributed by atoms with Gasteiger partial charge in [-0.3, -0.25) is 9.59 Å². The Labute approximate surface area is 210 Å². The zero-order valence-corrected chi connectivity index (χ0v) is 20.2. The van der Waals surface area contributed by atoms with Gasteiger partial charge in [0.2, 0.25) is 0 Å². The number of para-hydroxylation sites is 1. The van der Waals surface area contributed by atoms with E-state index in [0.29, 0.717) is 28.5 Å². The third kappa shape index (κ3) is 5.39. The monoisotopic (exact) mass is 510 g/mol. The van der Waals surface area contributed by atoms with Crippen LogP contribution < -0.4 is 10.2 Å². The summed E-state index contributed by atoms with van der Waals surface area (Å²) in [5.74, 6) is -2.27. The number of hydrogen-bond donors (Lipinski definition) is 1. The van der Waals surface area contributed by atoms with Crippen LogP contribution >= 0.6 is 23.4 Å². The first kappa shape index (κ1) is 24.5. The van der Waals surface area contributed by atoms with E-state index in [4.69, 9.17) is 16.3 Å². The molecule has 0 atom stereocenters. The molecule has 1 N–H and O–H groups in total. The standard InChI is InChI=1S/C26H20ClFN2O4S/c1-2-15-34-26(33)16-7-11-18(12-8-16)30-24(31)22(29-21-6-4-3-5-20(21)28)23(25(30)32)35-19-13-9-17(27)10-14-19/h3-14,29H,2,15H2,1H3. The van der Waals surface area contributed by atoms with Crippen LogP contribution in [0, 0.1) is 5.82 Å². The molecule has 4 rings (SSSR count). The fourth-order valence-corrected chi connectivity index (χ4v) is 4.34. The van der Waals surface area contributed by atoms with Gasteiger partial charge in [0, 0.05) is 9.92 Å². The van der Waals surface area contributed by atoms with Gasteiger partial charge in [0.15, 0.2) is 0 Å². The number of carbonyl (C=O) groups is 3. The number of carbonyl (C=O) groups excluding carboxylic acids is 3. The normalized spacial score (nSPS) is 13.4. The lowest BCUT2D eigenvalue weighted by Gasteiger charge is -2.16. The van der Waals surface area contributed by atoms with Gasteiger partial charge in [-0.15, -0.1) is 0 Å². The fourth-order valence-electron chi connectivity index (χ4n) is 3.29. The molecule has 1 aliphatic rings. The van der Waals surface area contributed by atoms with Crippen molar-refractivity contribution in [1.82, 2.24) is 0 Å². The molecule has 6 nitrogen and oxygen atoms in total. The van der Waals surface area contributed by atoms with E-state index in [1.165, 1.54) is 42.5 Å². The van der Waals surface area contributed by atoms with Gasteiger partial charge in [-0.25, -0.2) is 14.1 Å². The summed E-state index contributed by atoms with van der Waals surface area (Å²) in [7, 11) is 0. The van der Waals surface area contributed by atoms with Crippen LogP contribution in [0.5, 0.6) is 0 Å². The first-order chi connectivity index (χ1) is 16.9. The number of esters is 1. The first-order valence-corrected chi connectivity index (χ1v) is 11.9. The highest BCUT2D eigenvalue weighted by molar-refractivity contribution is 8.04. The molecule has 9 heteroatoms. The smallest absolute Gasteiger partial charge is 0.338 e. The minimum atomic E-state index is -0.643. The SMILES string of the molecule is CCCOC(=O)c1ccc(N2C(=O)C(Nc3ccccc3F)=C(Sc3ccc(Cl)cc3)C2=O)cc1. The third-order valence-electron chi connectivity index (χ3n) is 5.01. The van der Waals surface area contributed by atoms with Crippen molar-refractivity contribution in [2.24, 2.45) is 0 Å². The van der Waals surface area contributed by atoms with Crippen molar-refractivity contribution < 1.29 is 23.5 Å². The number of thioether (sulfide) groups is 1. The number of hydrogen-bond acceptors (Lipinski definition) is 6. The molecule has 1 aliphatic heterocycles. The highest BCUT2D eigenvalue weighted by Crippen LogP contribution is 2.38. The number of amides is 2. The number of nitrogens with one attached hydrogen (secondary N) is 1. The topological polar surface area (TPSA) is 75.7 Å². The van der Waals surface area contributed by atoms with Crippen molar-refractivity contribution >= 4 is 52.5 Å². The number of benzene rings is 3. The second-order valence-corrected chi connectivity index (χ2v) is 9.01. The first-order valence-electron chi connectivity index (χ1n) is 10.7. The molecule has 0 radical (unpaired) electrons. The lowest BCUT2D eigenvalue weighted by molar-refractivity contribution is -0.120. The summed E-state index contributed by atoms with van der Waals surface area (Å²) in [5, 5.41) is 3.32. The van der Waals surface area contributed by atoms with Crippen molar-refractivity contribution in [1.29, 1.82) is 0 Å². The molecule has 1 heterocycles. The molecule has 0 aliphatic carbocycles. The van der Waals surface area contributed by atoms with Crippen LogP contribution in [0.2, 0.25) is 5.02 Å². The minimum absolute atomic E-state index is 0.0496. The minimum Gasteiger partial charge on any atom is -0.462 e. The number of anilines is 2. The van der Waals surface area contributed by atoms with Gasteiger partial charge in [-0.05, 0) is 67.1 Å². The molecule has 0 saturated heterocycles. The van der Waals surface area contributed by atoms with Crippen LogP contribution in [-0.4, -0.2) is 24.4 Å². The molecule has 0 saturated carbocycles. The van der Waals surface area contributed by atoms with Gasteiger partial charge in [-0.2, -0.15) is 0 Å². The van der Waals surface area contributed by atoms with Gasteiger partial charge in [-0.1, -0.05) is 42.4 Å². The molecular weight excluding hydrogens is 491 g/mol. The molecule has 2 amide bonds. The summed E-state index contributed by atoms with van der Waals surface area (Å²) in [6, 6.07) is 18.6. The number of nitrogens with zero attached hydrogens (tertiary/aromatic N) is 1. The van der Waals surface area contributed by atoms with Crippen LogP contribution in [0.3, 0.4) is 0 Å². The predicted molar refractivity (Wildman–Crippen MR) is 134 cm³/mol. The van der Waals surface area contributed by atoms with Gasteiger partial charge < -0.3 is 10.1 Å². The molecule has 0 aromatic heterocycles. The summed E-state index contributed by atoms with van der Waals surface area (Å²) in [6.45, 7) is 2.19. The van der Waals surface area contributed by atoms with Gasteiger partial charge in [0.25, 0.3) is 11.8 Å². The molecule has 3 aromatic carbocycles.